The van der Waals surface area contributed by atoms with Crippen molar-refractivity contribution in [2.75, 3.05) is 32.0 Å². The van der Waals surface area contributed by atoms with Crippen molar-refractivity contribution in [2.24, 2.45) is 5.92 Å². The third-order valence-electron chi connectivity index (χ3n) is 4.62. The third kappa shape index (κ3) is 3.91. The van der Waals surface area contributed by atoms with Crippen molar-refractivity contribution in [3.05, 3.63) is 22.2 Å². The van der Waals surface area contributed by atoms with Crippen LogP contribution in [0, 0.1) is 19.8 Å². The lowest BCUT2D eigenvalue weighted by atomic mass is 10.1. The number of thiophene rings is 1. The van der Waals surface area contributed by atoms with Gasteiger partial charge in [-0.2, -0.15) is 0 Å². The molecule has 1 aliphatic rings. The summed E-state index contributed by atoms with van der Waals surface area (Å²) in [4.78, 5) is 32.8. The van der Waals surface area contributed by atoms with Crippen molar-refractivity contribution in [1.29, 1.82) is 0 Å². The molecule has 1 saturated heterocycles. The largest absolute Gasteiger partial charge is 0.448 e. The zero-order valence-corrected chi connectivity index (χ0v) is 16.9. The molecule has 8 heteroatoms. The zero-order valence-electron chi connectivity index (χ0n) is 16.1. The molecule has 2 aromatic heterocycles. The van der Waals surface area contributed by atoms with Crippen LogP contribution >= 0.6 is 11.3 Å². The molecule has 1 amide bonds. The molecule has 2 aromatic rings. The minimum Gasteiger partial charge on any atom is -0.448 e. The fraction of sp³-hybridized carbons (Fsp3) is 0.526. The van der Waals surface area contributed by atoms with Crippen LogP contribution < -0.4 is 5.73 Å². The first-order chi connectivity index (χ1) is 12.8. The van der Waals surface area contributed by atoms with Crippen LogP contribution in [0.25, 0.3) is 10.2 Å². The van der Waals surface area contributed by atoms with Crippen LogP contribution in [0.5, 0.6) is 0 Å². The van der Waals surface area contributed by atoms with Crippen LogP contribution in [-0.2, 0) is 14.3 Å². The van der Waals surface area contributed by atoms with Gasteiger partial charge in [0.15, 0.2) is 6.10 Å². The van der Waals surface area contributed by atoms with Gasteiger partial charge in [-0.15, -0.1) is 11.3 Å². The SMILES string of the molecule is Cc1cc(C)c2c(N)c(C(=O)O[C@@H](C(=O)N3CCOCC3)C(C)C)sc2n1. The lowest BCUT2D eigenvalue weighted by molar-refractivity contribution is -0.147. The highest BCUT2D eigenvalue weighted by molar-refractivity contribution is 7.21. The Morgan fingerprint density at radius 2 is 1.96 bits per heavy atom. The van der Waals surface area contributed by atoms with Crippen molar-refractivity contribution in [3.63, 3.8) is 0 Å². The fourth-order valence-electron chi connectivity index (χ4n) is 3.22. The zero-order chi connectivity index (χ0) is 19.7. The van der Waals surface area contributed by atoms with E-state index < -0.39 is 12.1 Å². The normalized spacial score (nSPS) is 16.0. The van der Waals surface area contributed by atoms with Gasteiger partial charge in [-0.3, -0.25) is 4.79 Å². The molecule has 7 nitrogen and oxygen atoms in total. The number of aryl methyl sites for hydroxylation is 2. The molecule has 0 bridgehead atoms. The first-order valence-corrected chi connectivity index (χ1v) is 9.85. The highest BCUT2D eigenvalue weighted by atomic mass is 32.1. The maximum absolute atomic E-state index is 12.8. The molecule has 3 heterocycles. The number of hydrogen-bond acceptors (Lipinski definition) is 7. The number of hydrogen-bond donors (Lipinski definition) is 1. The molecular weight excluding hydrogens is 366 g/mol. The van der Waals surface area contributed by atoms with E-state index in [2.05, 4.69) is 4.98 Å². The molecule has 146 valence electrons. The molecule has 0 aromatic carbocycles. The summed E-state index contributed by atoms with van der Waals surface area (Å²) in [6, 6.07) is 1.93. The third-order valence-corrected chi connectivity index (χ3v) is 5.69. The molecule has 0 aliphatic carbocycles. The fourth-order valence-corrected chi connectivity index (χ4v) is 4.32. The molecule has 0 saturated carbocycles. The Morgan fingerprint density at radius 1 is 1.30 bits per heavy atom. The second-order valence-electron chi connectivity index (χ2n) is 7.11. The molecule has 3 rings (SSSR count). The summed E-state index contributed by atoms with van der Waals surface area (Å²) >= 11 is 1.21. The van der Waals surface area contributed by atoms with Crippen LogP contribution in [0.3, 0.4) is 0 Å². The number of fused-ring (bicyclic) bond motifs is 1. The highest BCUT2D eigenvalue weighted by Crippen LogP contribution is 2.35. The van der Waals surface area contributed by atoms with Crippen molar-refractivity contribution in [1.82, 2.24) is 9.88 Å². The summed E-state index contributed by atoms with van der Waals surface area (Å²) in [7, 11) is 0. The van der Waals surface area contributed by atoms with Crippen molar-refractivity contribution >= 4 is 39.1 Å². The Kier molecular flexibility index (Phi) is 5.67. The van der Waals surface area contributed by atoms with E-state index in [9.17, 15) is 9.59 Å². The van der Waals surface area contributed by atoms with Gasteiger partial charge in [0, 0.05) is 24.2 Å². The topological polar surface area (TPSA) is 94.8 Å². The van der Waals surface area contributed by atoms with Crippen LogP contribution in [0.4, 0.5) is 5.69 Å². The molecule has 1 fully saturated rings. The van der Waals surface area contributed by atoms with Crippen molar-refractivity contribution in [3.8, 4) is 0 Å². The average Bonchev–Trinajstić information content (AvgIpc) is 2.96. The van der Waals surface area contributed by atoms with Crippen LogP contribution in [0.15, 0.2) is 6.07 Å². The number of nitrogens with two attached hydrogens (primary N) is 1. The van der Waals surface area contributed by atoms with Gasteiger partial charge in [0.05, 0.1) is 18.9 Å². The summed E-state index contributed by atoms with van der Waals surface area (Å²) in [6.45, 7) is 9.57. The summed E-state index contributed by atoms with van der Waals surface area (Å²) < 4.78 is 10.9. The first kappa shape index (κ1) is 19.6. The summed E-state index contributed by atoms with van der Waals surface area (Å²) in [5.74, 6) is -0.915. The van der Waals surface area contributed by atoms with E-state index >= 15 is 0 Å². The Morgan fingerprint density at radius 3 is 2.59 bits per heavy atom. The van der Waals surface area contributed by atoms with Gasteiger partial charge in [-0.1, -0.05) is 13.8 Å². The van der Waals surface area contributed by atoms with E-state index in [0.29, 0.717) is 41.7 Å². The quantitative estimate of drug-likeness (QED) is 0.805. The molecule has 0 unspecified atom stereocenters. The predicted molar refractivity (Wildman–Crippen MR) is 105 cm³/mol. The Bertz CT molecular complexity index is 871. The van der Waals surface area contributed by atoms with Gasteiger partial charge in [0.2, 0.25) is 0 Å². The number of pyridine rings is 1. The number of amides is 1. The van der Waals surface area contributed by atoms with Gasteiger partial charge < -0.3 is 20.1 Å². The summed E-state index contributed by atoms with van der Waals surface area (Å²) in [5, 5.41) is 0.776. The van der Waals surface area contributed by atoms with Gasteiger partial charge >= 0.3 is 5.97 Å². The summed E-state index contributed by atoms with van der Waals surface area (Å²) in [6.07, 6.45) is -0.851. The second kappa shape index (κ2) is 7.82. The van der Waals surface area contributed by atoms with Gasteiger partial charge in [0.25, 0.3) is 5.91 Å². The lowest BCUT2D eigenvalue weighted by Gasteiger charge is -2.31. The van der Waals surface area contributed by atoms with Crippen LogP contribution in [0.2, 0.25) is 0 Å². The maximum Gasteiger partial charge on any atom is 0.351 e. The Labute approximate surface area is 162 Å². The number of anilines is 1. The second-order valence-corrected chi connectivity index (χ2v) is 8.11. The van der Waals surface area contributed by atoms with E-state index in [-0.39, 0.29) is 11.8 Å². The molecule has 2 N–H and O–H groups in total. The Hall–Kier alpha value is -2.19. The number of nitrogen functional groups attached to an aromatic ring is 1. The number of carbonyl (C=O) groups is 2. The van der Waals surface area contributed by atoms with Crippen LogP contribution in [0.1, 0.15) is 34.8 Å². The first-order valence-electron chi connectivity index (χ1n) is 9.03. The number of rotatable bonds is 4. The minimum absolute atomic E-state index is 0.151. The molecule has 0 spiro atoms. The van der Waals surface area contributed by atoms with E-state index in [0.717, 1.165) is 16.6 Å². The number of ether oxygens (including phenoxy) is 2. The monoisotopic (exact) mass is 391 g/mol. The number of esters is 1. The number of morpholine rings is 1. The highest BCUT2D eigenvalue weighted by Gasteiger charge is 2.33. The van der Waals surface area contributed by atoms with E-state index in [1.165, 1.54) is 11.3 Å². The minimum atomic E-state index is -0.851. The van der Waals surface area contributed by atoms with Gasteiger partial charge in [-0.05, 0) is 31.4 Å². The van der Waals surface area contributed by atoms with E-state index in [4.69, 9.17) is 15.2 Å². The standard InChI is InChI=1S/C19H25N3O4S/c1-10(2)15(18(23)22-5-7-25-8-6-22)26-19(24)16-14(20)13-11(3)9-12(4)21-17(13)27-16/h9-10,15H,5-8,20H2,1-4H3/t15-/m1/s1. The average molecular weight is 391 g/mol. The van der Waals surface area contributed by atoms with E-state index in [1.54, 1.807) is 4.90 Å². The van der Waals surface area contributed by atoms with Gasteiger partial charge in [0.1, 0.15) is 9.71 Å². The number of carbonyl (C=O) groups excluding carboxylic acids is 2. The molecule has 1 aliphatic heterocycles. The van der Waals surface area contributed by atoms with Gasteiger partial charge in [-0.25, -0.2) is 9.78 Å². The Balaban J connectivity index is 1.86. The van der Waals surface area contributed by atoms with Crippen molar-refractivity contribution < 1.29 is 19.1 Å². The van der Waals surface area contributed by atoms with E-state index in [1.807, 2.05) is 33.8 Å². The smallest absolute Gasteiger partial charge is 0.351 e. The molecule has 1 atom stereocenters. The number of nitrogens with zero attached hydrogens (tertiary/aromatic N) is 2. The molecular formula is C19H25N3O4S. The van der Waals surface area contributed by atoms with Crippen molar-refractivity contribution in [2.45, 2.75) is 33.8 Å². The molecule has 0 radical (unpaired) electrons. The predicted octanol–water partition coefficient (Wildman–Crippen LogP) is 2.54. The maximum atomic E-state index is 12.8. The van der Waals surface area contributed by atoms with Crippen LogP contribution in [-0.4, -0.2) is 54.2 Å². The number of aromatic nitrogens is 1. The summed E-state index contributed by atoms with van der Waals surface area (Å²) in [5.41, 5.74) is 8.42. The lowest BCUT2D eigenvalue weighted by Crippen LogP contribution is -2.48. The molecule has 27 heavy (non-hydrogen) atoms.